The molecule has 0 atom stereocenters. The average molecular weight is 432 g/mol. The number of aryl methyl sites for hydroxylation is 1. The Kier molecular flexibility index (Phi) is 9.30. The van der Waals surface area contributed by atoms with Crippen LogP contribution in [0.1, 0.15) is 68.3 Å². The van der Waals surface area contributed by atoms with Gasteiger partial charge in [-0.2, -0.15) is 0 Å². The van der Waals surface area contributed by atoms with E-state index in [0.29, 0.717) is 17.9 Å². The minimum absolute atomic E-state index is 0.383. The van der Waals surface area contributed by atoms with E-state index in [4.69, 9.17) is 9.47 Å². The molecule has 0 aliphatic heterocycles. The van der Waals surface area contributed by atoms with Crippen LogP contribution in [0.2, 0.25) is 0 Å². The first kappa shape index (κ1) is 23.5. The van der Waals surface area contributed by atoms with Crippen molar-refractivity contribution in [2.24, 2.45) is 0 Å². The normalized spacial score (nSPS) is 10.7. The van der Waals surface area contributed by atoms with E-state index in [0.717, 1.165) is 29.8 Å². The van der Waals surface area contributed by atoms with Crippen molar-refractivity contribution in [2.75, 3.05) is 6.61 Å². The molecule has 1 aromatic heterocycles. The van der Waals surface area contributed by atoms with E-state index in [-0.39, 0.29) is 5.97 Å². The van der Waals surface area contributed by atoms with Gasteiger partial charge in [-0.3, -0.25) is 4.98 Å². The van der Waals surface area contributed by atoms with Crippen LogP contribution in [0.5, 0.6) is 11.5 Å². The highest BCUT2D eigenvalue weighted by Gasteiger charge is 2.10. The molecule has 0 saturated heterocycles. The van der Waals surface area contributed by atoms with Gasteiger partial charge >= 0.3 is 5.97 Å². The highest BCUT2D eigenvalue weighted by atomic mass is 16.5. The molecule has 4 nitrogen and oxygen atoms in total. The monoisotopic (exact) mass is 431 g/mol. The fourth-order valence-electron chi connectivity index (χ4n) is 3.42. The molecule has 3 rings (SSSR count). The van der Waals surface area contributed by atoms with Crippen LogP contribution in [0.4, 0.5) is 0 Å². The summed E-state index contributed by atoms with van der Waals surface area (Å²) in [6.45, 7) is 5.05. The van der Waals surface area contributed by atoms with E-state index in [1.807, 2.05) is 36.5 Å². The number of benzene rings is 2. The maximum absolute atomic E-state index is 12.5. The van der Waals surface area contributed by atoms with Crippen molar-refractivity contribution in [1.82, 2.24) is 4.98 Å². The molecule has 0 aliphatic carbocycles. The van der Waals surface area contributed by atoms with E-state index >= 15 is 0 Å². The lowest BCUT2D eigenvalue weighted by atomic mass is 10.1. The van der Waals surface area contributed by atoms with Crippen LogP contribution >= 0.6 is 0 Å². The van der Waals surface area contributed by atoms with Gasteiger partial charge in [0, 0.05) is 11.8 Å². The zero-order chi connectivity index (χ0) is 22.6. The van der Waals surface area contributed by atoms with Gasteiger partial charge in [-0.15, -0.1) is 0 Å². The highest BCUT2D eigenvalue weighted by Crippen LogP contribution is 2.21. The first-order chi connectivity index (χ1) is 15.7. The van der Waals surface area contributed by atoms with Crippen molar-refractivity contribution in [1.29, 1.82) is 0 Å². The van der Waals surface area contributed by atoms with Crippen molar-refractivity contribution in [3.8, 4) is 22.8 Å². The summed E-state index contributed by atoms with van der Waals surface area (Å²) in [5.41, 5.74) is 3.56. The van der Waals surface area contributed by atoms with Crippen LogP contribution in [0.25, 0.3) is 11.3 Å². The van der Waals surface area contributed by atoms with Crippen LogP contribution in [-0.2, 0) is 6.42 Å². The Hall–Kier alpha value is -3.14. The topological polar surface area (TPSA) is 48.4 Å². The molecular weight excluding hydrogens is 398 g/mol. The Morgan fingerprint density at radius 2 is 1.47 bits per heavy atom. The molecule has 0 N–H and O–H groups in total. The minimum Gasteiger partial charge on any atom is -0.494 e. The van der Waals surface area contributed by atoms with Crippen LogP contribution in [-0.4, -0.2) is 17.6 Å². The van der Waals surface area contributed by atoms with Gasteiger partial charge in [0.05, 0.1) is 17.9 Å². The second-order valence-corrected chi connectivity index (χ2v) is 7.96. The number of carbonyl (C=O) groups excluding carboxylic acids is 1. The number of aromatic nitrogens is 1. The highest BCUT2D eigenvalue weighted by molar-refractivity contribution is 5.91. The number of hydrogen-bond donors (Lipinski definition) is 0. The van der Waals surface area contributed by atoms with Gasteiger partial charge in [-0.1, -0.05) is 64.2 Å². The first-order valence-corrected chi connectivity index (χ1v) is 11.7. The third-order valence-corrected chi connectivity index (χ3v) is 5.45. The van der Waals surface area contributed by atoms with E-state index in [2.05, 4.69) is 24.9 Å². The number of pyridine rings is 1. The minimum atomic E-state index is -0.383. The zero-order valence-electron chi connectivity index (χ0n) is 19.2. The van der Waals surface area contributed by atoms with Crippen LogP contribution in [0.3, 0.4) is 0 Å². The smallest absolute Gasteiger partial charge is 0.343 e. The van der Waals surface area contributed by atoms with Gasteiger partial charge in [-0.25, -0.2) is 4.79 Å². The van der Waals surface area contributed by atoms with Gasteiger partial charge in [0.2, 0.25) is 0 Å². The van der Waals surface area contributed by atoms with Gasteiger partial charge in [-0.05, 0) is 60.9 Å². The maximum atomic E-state index is 12.5. The summed E-state index contributed by atoms with van der Waals surface area (Å²) in [5.74, 6) is 0.915. The lowest BCUT2D eigenvalue weighted by Crippen LogP contribution is -2.08. The number of esters is 1. The molecule has 168 valence electrons. The predicted octanol–water partition coefficient (Wildman–Crippen LogP) is 7.27. The molecule has 0 aliphatic rings. The zero-order valence-corrected chi connectivity index (χ0v) is 19.2. The van der Waals surface area contributed by atoms with Crippen LogP contribution < -0.4 is 9.47 Å². The van der Waals surface area contributed by atoms with Crippen LogP contribution in [0, 0.1) is 0 Å². The number of nitrogens with zero attached hydrogens (tertiary/aromatic N) is 1. The Morgan fingerprint density at radius 3 is 2.12 bits per heavy atom. The number of hydrogen-bond acceptors (Lipinski definition) is 4. The van der Waals surface area contributed by atoms with E-state index < -0.39 is 0 Å². The molecule has 32 heavy (non-hydrogen) atoms. The summed E-state index contributed by atoms with van der Waals surface area (Å²) in [6.07, 6.45) is 10.3. The summed E-state index contributed by atoms with van der Waals surface area (Å²) in [6, 6.07) is 18.6. The second-order valence-electron chi connectivity index (χ2n) is 7.96. The van der Waals surface area contributed by atoms with E-state index in [9.17, 15) is 4.79 Å². The summed E-state index contributed by atoms with van der Waals surface area (Å²) >= 11 is 0. The molecule has 0 saturated carbocycles. The van der Waals surface area contributed by atoms with Crippen molar-refractivity contribution < 1.29 is 14.3 Å². The van der Waals surface area contributed by atoms with Gasteiger partial charge in [0.15, 0.2) is 0 Å². The van der Waals surface area contributed by atoms with Crippen molar-refractivity contribution in [3.05, 3.63) is 78.0 Å². The first-order valence-electron chi connectivity index (χ1n) is 11.7. The van der Waals surface area contributed by atoms with Crippen LogP contribution in [0.15, 0.2) is 66.9 Å². The summed E-state index contributed by atoms with van der Waals surface area (Å²) in [4.78, 5) is 17.0. The Balaban J connectivity index is 1.46. The molecule has 0 amide bonds. The number of unbranched alkanes of at least 4 members (excludes halogenated alkanes) is 5. The van der Waals surface area contributed by atoms with E-state index in [1.165, 1.54) is 37.7 Å². The summed E-state index contributed by atoms with van der Waals surface area (Å²) in [7, 11) is 0. The molecule has 4 heteroatoms. The van der Waals surface area contributed by atoms with Gasteiger partial charge < -0.3 is 9.47 Å². The fraction of sp³-hybridized carbons (Fsp3) is 0.357. The molecule has 3 aromatic rings. The van der Waals surface area contributed by atoms with Crippen molar-refractivity contribution in [3.63, 3.8) is 0 Å². The lowest BCUT2D eigenvalue weighted by Gasteiger charge is -2.08. The molecule has 0 bridgehead atoms. The van der Waals surface area contributed by atoms with Crippen molar-refractivity contribution in [2.45, 2.75) is 58.8 Å². The maximum Gasteiger partial charge on any atom is 0.343 e. The molecule has 1 heterocycles. The third-order valence-electron chi connectivity index (χ3n) is 5.45. The van der Waals surface area contributed by atoms with Crippen molar-refractivity contribution >= 4 is 5.97 Å². The molecule has 0 radical (unpaired) electrons. The van der Waals surface area contributed by atoms with Gasteiger partial charge in [0.1, 0.15) is 11.5 Å². The second kappa shape index (κ2) is 12.7. The average Bonchev–Trinajstić information content (AvgIpc) is 2.84. The fourth-order valence-corrected chi connectivity index (χ4v) is 3.42. The molecule has 0 fully saturated rings. The summed E-state index contributed by atoms with van der Waals surface area (Å²) < 4.78 is 11.3. The molecule has 0 spiro atoms. The number of carbonyl (C=O) groups is 1. The Morgan fingerprint density at radius 1 is 0.781 bits per heavy atom. The Bertz CT molecular complexity index is 947. The molecular formula is C28H33NO3. The van der Waals surface area contributed by atoms with E-state index in [1.54, 1.807) is 24.3 Å². The number of rotatable bonds is 12. The quantitative estimate of drug-likeness (QED) is 0.172. The predicted molar refractivity (Wildman–Crippen MR) is 129 cm³/mol. The molecule has 2 aromatic carbocycles. The lowest BCUT2D eigenvalue weighted by molar-refractivity contribution is 0.0734. The summed E-state index contributed by atoms with van der Waals surface area (Å²) in [5, 5.41) is 0. The third kappa shape index (κ3) is 7.23. The number of ether oxygens (including phenoxy) is 2. The SMILES string of the molecule is CCCCCCCCOc1ccc(OC(=O)c2ccc(-c3ccc(CC)cn3)cc2)cc1. The largest absolute Gasteiger partial charge is 0.494 e. The van der Waals surface area contributed by atoms with Gasteiger partial charge in [0.25, 0.3) is 0 Å². The Labute approximate surface area is 191 Å². The standard InChI is InChI=1S/C28H33NO3/c1-3-5-6-7-8-9-20-31-25-15-17-26(18-16-25)32-28(30)24-13-11-23(12-14-24)27-19-10-22(4-2)21-29-27/h10-19,21H,3-9,20H2,1-2H3. The molecule has 0 unspecified atom stereocenters.